The number of methoxy groups -OCH3 is 1. The highest BCUT2D eigenvalue weighted by Crippen LogP contribution is 2.30. The predicted molar refractivity (Wildman–Crippen MR) is 72.8 cm³/mol. The molecule has 0 atom stereocenters. The summed E-state index contributed by atoms with van der Waals surface area (Å²) in [5.74, 6) is 0.736. The lowest BCUT2D eigenvalue weighted by Gasteiger charge is -2.13. The molecular formula is C14H16N2O2. The summed E-state index contributed by atoms with van der Waals surface area (Å²) >= 11 is 0. The second kappa shape index (κ2) is 4.56. The zero-order chi connectivity index (χ0) is 13.3. The normalized spacial score (nSPS) is 10.4. The van der Waals surface area contributed by atoms with Crippen molar-refractivity contribution in [3.8, 4) is 17.0 Å². The largest absolute Gasteiger partial charge is 0.496 e. The highest BCUT2D eigenvalue weighted by Gasteiger charge is 2.10. The van der Waals surface area contributed by atoms with Gasteiger partial charge in [0.15, 0.2) is 0 Å². The first-order valence-electron chi connectivity index (χ1n) is 5.65. The van der Waals surface area contributed by atoms with Crippen LogP contribution in [0.5, 0.6) is 5.75 Å². The lowest BCUT2D eigenvalue weighted by atomic mass is 10.1. The number of hydrogen-bond acceptors (Lipinski definition) is 3. The van der Waals surface area contributed by atoms with E-state index < -0.39 is 0 Å². The Bertz CT molecular complexity index is 645. The SMILES string of the molecule is COc1ccc(C)cc1-c1ccc(N)c(=O)n1C. The van der Waals surface area contributed by atoms with Crippen LogP contribution in [0.15, 0.2) is 35.1 Å². The Kier molecular flexibility index (Phi) is 3.10. The number of ether oxygens (including phenoxy) is 1. The highest BCUT2D eigenvalue weighted by atomic mass is 16.5. The molecule has 2 aromatic rings. The van der Waals surface area contributed by atoms with Gasteiger partial charge < -0.3 is 15.0 Å². The Labute approximate surface area is 106 Å². The molecular weight excluding hydrogens is 228 g/mol. The molecule has 0 amide bonds. The van der Waals surface area contributed by atoms with Crippen molar-refractivity contribution < 1.29 is 4.74 Å². The first-order chi connectivity index (χ1) is 8.54. The molecule has 18 heavy (non-hydrogen) atoms. The summed E-state index contributed by atoms with van der Waals surface area (Å²) in [7, 11) is 3.32. The molecule has 0 aliphatic carbocycles. The van der Waals surface area contributed by atoms with Gasteiger partial charge >= 0.3 is 0 Å². The van der Waals surface area contributed by atoms with Crippen LogP contribution in [0.2, 0.25) is 0 Å². The van der Waals surface area contributed by atoms with Crippen molar-refractivity contribution in [2.45, 2.75) is 6.92 Å². The first kappa shape index (κ1) is 12.2. The molecule has 0 saturated carbocycles. The number of rotatable bonds is 2. The van der Waals surface area contributed by atoms with Gasteiger partial charge in [0, 0.05) is 12.6 Å². The average molecular weight is 244 g/mol. The summed E-state index contributed by atoms with van der Waals surface area (Å²) in [5, 5.41) is 0. The average Bonchev–Trinajstić information content (AvgIpc) is 2.36. The number of nitrogens with zero attached hydrogens (tertiary/aromatic N) is 1. The van der Waals surface area contributed by atoms with Gasteiger partial charge in [-0.2, -0.15) is 0 Å². The van der Waals surface area contributed by atoms with E-state index in [1.807, 2.05) is 31.2 Å². The Hall–Kier alpha value is -2.23. The number of nitrogens with two attached hydrogens (primary N) is 1. The number of hydrogen-bond donors (Lipinski definition) is 1. The summed E-state index contributed by atoms with van der Waals surface area (Å²) < 4.78 is 6.87. The molecule has 4 heteroatoms. The van der Waals surface area contributed by atoms with Crippen LogP contribution in [0.25, 0.3) is 11.3 Å². The van der Waals surface area contributed by atoms with Gasteiger partial charge in [0.1, 0.15) is 5.75 Å². The Morgan fingerprint density at radius 3 is 2.61 bits per heavy atom. The fourth-order valence-electron chi connectivity index (χ4n) is 1.95. The summed E-state index contributed by atoms with van der Waals surface area (Å²) in [6.45, 7) is 2.00. The smallest absolute Gasteiger partial charge is 0.273 e. The third-order valence-corrected chi connectivity index (χ3v) is 2.96. The van der Waals surface area contributed by atoms with Crippen LogP contribution in [-0.2, 0) is 7.05 Å². The molecule has 1 aromatic carbocycles. The lowest BCUT2D eigenvalue weighted by Crippen LogP contribution is -2.21. The van der Waals surface area contributed by atoms with E-state index in [1.165, 1.54) is 4.57 Å². The number of benzene rings is 1. The van der Waals surface area contributed by atoms with Crippen molar-refractivity contribution in [3.05, 3.63) is 46.2 Å². The van der Waals surface area contributed by atoms with E-state index in [-0.39, 0.29) is 11.2 Å². The van der Waals surface area contributed by atoms with Crippen LogP contribution < -0.4 is 16.0 Å². The second-order valence-electron chi connectivity index (χ2n) is 4.24. The Morgan fingerprint density at radius 1 is 1.22 bits per heavy atom. The van der Waals surface area contributed by atoms with Crippen molar-refractivity contribution in [1.82, 2.24) is 4.57 Å². The monoisotopic (exact) mass is 244 g/mol. The number of nitrogen functional groups attached to an aromatic ring is 1. The summed E-state index contributed by atoms with van der Waals surface area (Å²) in [4.78, 5) is 11.8. The molecule has 0 radical (unpaired) electrons. The third-order valence-electron chi connectivity index (χ3n) is 2.96. The van der Waals surface area contributed by atoms with Gasteiger partial charge in [-0.05, 0) is 31.2 Å². The quantitative estimate of drug-likeness (QED) is 0.878. The van der Waals surface area contributed by atoms with E-state index in [2.05, 4.69) is 0 Å². The molecule has 0 aliphatic heterocycles. The van der Waals surface area contributed by atoms with Crippen LogP contribution in [-0.4, -0.2) is 11.7 Å². The Morgan fingerprint density at radius 2 is 1.94 bits per heavy atom. The minimum Gasteiger partial charge on any atom is -0.496 e. The topological polar surface area (TPSA) is 57.2 Å². The second-order valence-corrected chi connectivity index (χ2v) is 4.24. The predicted octanol–water partition coefficient (Wildman–Crippen LogP) is 1.95. The van der Waals surface area contributed by atoms with Crippen molar-refractivity contribution >= 4 is 5.69 Å². The lowest BCUT2D eigenvalue weighted by molar-refractivity contribution is 0.416. The summed E-state index contributed by atoms with van der Waals surface area (Å²) in [6.07, 6.45) is 0. The maximum absolute atomic E-state index is 11.8. The summed E-state index contributed by atoms with van der Waals surface area (Å²) in [6, 6.07) is 9.31. The third kappa shape index (κ3) is 1.97. The van der Waals surface area contributed by atoms with E-state index in [4.69, 9.17) is 10.5 Å². The number of aryl methyl sites for hydroxylation is 1. The van der Waals surface area contributed by atoms with Gasteiger partial charge in [-0.25, -0.2) is 0 Å². The zero-order valence-electron chi connectivity index (χ0n) is 10.7. The number of pyridine rings is 1. The van der Waals surface area contributed by atoms with Gasteiger partial charge in [0.05, 0.1) is 18.5 Å². The van der Waals surface area contributed by atoms with Gasteiger partial charge in [-0.15, -0.1) is 0 Å². The molecule has 0 bridgehead atoms. The molecule has 4 nitrogen and oxygen atoms in total. The van der Waals surface area contributed by atoms with E-state index in [9.17, 15) is 4.79 Å². The van der Waals surface area contributed by atoms with Crippen molar-refractivity contribution in [2.75, 3.05) is 12.8 Å². The minimum absolute atomic E-state index is 0.198. The van der Waals surface area contributed by atoms with Crippen molar-refractivity contribution in [1.29, 1.82) is 0 Å². The fourth-order valence-corrected chi connectivity index (χ4v) is 1.95. The molecule has 1 aromatic heterocycles. The Balaban J connectivity index is 2.73. The van der Waals surface area contributed by atoms with Crippen LogP contribution in [0.4, 0.5) is 5.69 Å². The molecule has 0 spiro atoms. The van der Waals surface area contributed by atoms with Crippen LogP contribution in [0.1, 0.15) is 5.56 Å². The molecule has 0 unspecified atom stereocenters. The van der Waals surface area contributed by atoms with Gasteiger partial charge in [-0.3, -0.25) is 4.79 Å². The standard InChI is InChI=1S/C14H16N2O2/c1-9-4-7-13(18-3)10(8-9)12-6-5-11(15)14(17)16(12)2/h4-8H,15H2,1-3H3. The van der Waals surface area contributed by atoms with Crippen LogP contribution >= 0.6 is 0 Å². The minimum atomic E-state index is -0.198. The maximum atomic E-state index is 11.8. The summed E-state index contributed by atoms with van der Waals surface area (Å²) in [5.41, 5.74) is 8.43. The molecule has 0 saturated heterocycles. The van der Waals surface area contributed by atoms with Crippen molar-refractivity contribution in [3.63, 3.8) is 0 Å². The van der Waals surface area contributed by atoms with E-state index in [0.29, 0.717) is 0 Å². The number of anilines is 1. The van der Waals surface area contributed by atoms with E-state index in [0.717, 1.165) is 22.6 Å². The highest BCUT2D eigenvalue weighted by molar-refractivity contribution is 5.69. The van der Waals surface area contributed by atoms with Gasteiger partial charge in [-0.1, -0.05) is 11.6 Å². The molecule has 2 rings (SSSR count). The first-order valence-corrected chi connectivity index (χ1v) is 5.65. The van der Waals surface area contributed by atoms with E-state index in [1.54, 1.807) is 20.2 Å². The fraction of sp³-hybridized carbons (Fsp3) is 0.214. The van der Waals surface area contributed by atoms with Crippen LogP contribution in [0.3, 0.4) is 0 Å². The van der Waals surface area contributed by atoms with Gasteiger partial charge in [0.25, 0.3) is 5.56 Å². The van der Waals surface area contributed by atoms with E-state index >= 15 is 0 Å². The van der Waals surface area contributed by atoms with Crippen LogP contribution in [0, 0.1) is 6.92 Å². The molecule has 0 fully saturated rings. The molecule has 2 N–H and O–H groups in total. The number of aromatic nitrogens is 1. The molecule has 1 heterocycles. The molecule has 94 valence electrons. The van der Waals surface area contributed by atoms with Crippen molar-refractivity contribution in [2.24, 2.45) is 7.05 Å². The zero-order valence-corrected chi connectivity index (χ0v) is 10.7. The maximum Gasteiger partial charge on any atom is 0.273 e. The molecule has 0 aliphatic rings. The van der Waals surface area contributed by atoms with Gasteiger partial charge in [0.2, 0.25) is 0 Å².